The minimum absolute atomic E-state index is 0. The summed E-state index contributed by atoms with van der Waals surface area (Å²) in [5.41, 5.74) is 8.48. The van der Waals surface area contributed by atoms with Crippen LogP contribution in [0.15, 0.2) is 46.1 Å². The first-order chi connectivity index (χ1) is 9.75. The van der Waals surface area contributed by atoms with Gasteiger partial charge >= 0.3 is 0 Å². The molecular formula is C15H21IN4S. The Morgan fingerprint density at radius 3 is 2.67 bits per heavy atom. The largest absolute Gasteiger partial charge is 0.369 e. The van der Waals surface area contributed by atoms with Crippen LogP contribution in [0.4, 0.5) is 5.69 Å². The number of thioether (sulfide) groups is 1. The fraction of sp³-hybridized carbons (Fsp3) is 0.400. The van der Waals surface area contributed by atoms with Crippen molar-refractivity contribution in [3.63, 3.8) is 0 Å². The average molecular weight is 416 g/mol. The summed E-state index contributed by atoms with van der Waals surface area (Å²) in [6.45, 7) is 2.09. The quantitative estimate of drug-likeness (QED) is 0.434. The molecule has 114 valence electrons. The van der Waals surface area contributed by atoms with Crippen molar-refractivity contribution < 1.29 is 0 Å². The number of aliphatic imine (C=N–C) groups is 1. The summed E-state index contributed by atoms with van der Waals surface area (Å²) in [6.07, 6.45) is 2.25. The molecule has 0 unspecified atom stereocenters. The Balaban J connectivity index is 0.00000161. The summed E-state index contributed by atoms with van der Waals surface area (Å²) in [7, 11) is 2.16. The highest BCUT2D eigenvalue weighted by atomic mass is 127. The number of halogens is 1. The smallest absolute Gasteiger partial charge is 0.200 e. The number of nitrogens with two attached hydrogens (primary N) is 1. The number of para-hydroxylation sites is 1. The van der Waals surface area contributed by atoms with Gasteiger partial charge in [-0.25, -0.2) is 4.99 Å². The number of benzene rings is 1. The fourth-order valence-electron chi connectivity index (χ4n) is 2.64. The molecule has 2 aliphatic rings. The molecule has 2 saturated heterocycles. The Morgan fingerprint density at radius 2 is 2.00 bits per heavy atom. The fourth-order valence-corrected chi connectivity index (χ4v) is 3.89. The molecule has 2 heterocycles. The maximum atomic E-state index is 6.23. The molecular weight excluding hydrogens is 395 g/mol. The standard InChI is InChI=1S/C15H20N4S.HI/c1-18-10-11-20-14(18)13-8-5-9-19(13)15(16)17-12-6-3-2-4-7-12;/h2-4,6-7H,5,8-11H2,1H3,(H2,16,17);1H/b14-13-;. The number of rotatable bonds is 1. The molecule has 1 aromatic carbocycles. The first-order valence-electron chi connectivity index (χ1n) is 6.99. The molecule has 0 aliphatic carbocycles. The molecule has 6 heteroatoms. The predicted molar refractivity (Wildman–Crippen MR) is 101 cm³/mol. The van der Waals surface area contributed by atoms with Crippen molar-refractivity contribution in [2.45, 2.75) is 12.8 Å². The van der Waals surface area contributed by atoms with Crippen molar-refractivity contribution >= 4 is 47.4 Å². The molecule has 0 saturated carbocycles. The monoisotopic (exact) mass is 416 g/mol. The lowest BCUT2D eigenvalue weighted by molar-refractivity contribution is 0.467. The summed E-state index contributed by atoms with van der Waals surface area (Å²) in [6, 6.07) is 9.91. The van der Waals surface area contributed by atoms with Crippen LogP contribution in [-0.2, 0) is 0 Å². The Bertz CT molecular complexity index is 544. The van der Waals surface area contributed by atoms with Crippen LogP contribution in [0.1, 0.15) is 12.8 Å². The van der Waals surface area contributed by atoms with Gasteiger partial charge in [0.25, 0.3) is 0 Å². The summed E-state index contributed by atoms with van der Waals surface area (Å²) < 4.78 is 0. The van der Waals surface area contributed by atoms with Crippen LogP contribution in [0.25, 0.3) is 0 Å². The molecule has 0 atom stereocenters. The zero-order chi connectivity index (χ0) is 13.9. The van der Waals surface area contributed by atoms with Crippen molar-refractivity contribution in [2.75, 3.05) is 25.9 Å². The number of likely N-dealkylation sites (tertiary alicyclic amines) is 1. The van der Waals surface area contributed by atoms with E-state index in [4.69, 9.17) is 5.73 Å². The third kappa shape index (κ3) is 3.66. The van der Waals surface area contributed by atoms with Gasteiger partial charge in [0.05, 0.1) is 16.4 Å². The topological polar surface area (TPSA) is 44.9 Å². The highest BCUT2D eigenvalue weighted by Gasteiger charge is 2.27. The summed E-state index contributed by atoms with van der Waals surface area (Å²) >= 11 is 1.93. The number of hydrogen-bond donors (Lipinski definition) is 1. The van der Waals surface area contributed by atoms with Crippen LogP contribution >= 0.6 is 35.7 Å². The van der Waals surface area contributed by atoms with Crippen molar-refractivity contribution in [3.8, 4) is 0 Å². The van der Waals surface area contributed by atoms with Crippen molar-refractivity contribution in [1.82, 2.24) is 9.80 Å². The van der Waals surface area contributed by atoms with E-state index in [0.29, 0.717) is 5.96 Å². The lowest BCUT2D eigenvalue weighted by Crippen LogP contribution is -2.34. The van der Waals surface area contributed by atoms with Gasteiger partial charge in [-0.1, -0.05) is 18.2 Å². The molecule has 1 aromatic rings. The van der Waals surface area contributed by atoms with Gasteiger partial charge in [-0.2, -0.15) is 0 Å². The Hall–Kier alpha value is -0.890. The molecule has 3 rings (SSSR count). The maximum Gasteiger partial charge on any atom is 0.200 e. The van der Waals surface area contributed by atoms with E-state index < -0.39 is 0 Å². The third-order valence-electron chi connectivity index (χ3n) is 3.66. The van der Waals surface area contributed by atoms with Gasteiger partial charge in [0, 0.05) is 25.9 Å². The first kappa shape index (κ1) is 16.5. The van der Waals surface area contributed by atoms with Crippen LogP contribution in [0, 0.1) is 0 Å². The van der Waals surface area contributed by atoms with E-state index in [1.54, 1.807) is 0 Å². The number of hydrogen-bond acceptors (Lipinski definition) is 3. The van der Waals surface area contributed by atoms with E-state index in [2.05, 4.69) is 21.8 Å². The summed E-state index contributed by atoms with van der Waals surface area (Å²) in [5.74, 6) is 1.77. The zero-order valence-corrected chi connectivity index (χ0v) is 15.3. The van der Waals surface area contributed by atoms with E-state index in [0.717, 1.165) is 31.6 Å². The highest BCUT2D eigenvalue weighted by molar-refractivity contribution is 14.0. The molecule has 0 radical (unpaired) electrons. The average Bonchev–Trinajstić information content (AvgIpc) is 3.07. The van der Waals surface area contributed by atoms with Crippen molar-refractivity contribution in [1.29, 1.82) is 0 Å². The molecule has 0 bridgehead atoms. The lowest BCUT2D eigenvalue weighted by Gasteiger charge is -2.23. The summed E-state index contributed by atoms with van der Waals surface area (Å²) in [4.78, 5) is 9.05. The third-order valence-corrected chi connectivity index (χ3v) is 4.86. The second-order valence-corrected chi connectivity index (χ2v) is 6.17. The van der Waals surface area contributed by atoms with Crippen LogP contribution < -0.4 is 5.73 Å². The van der Waals surface area contributed by atoms with Gasteiger partial charge in [-0.15, -0.1) is 35.7 Å². The zero-order valence-electron chi connectivity index (χ0n) is 12.2. The van der Waals surface area contributed by atoms with E-state index in [9.17, 15) is 0 Å². The molecule has 0 amide bonds. The van der Waals surface area contributed by atoms with E-state index in [1.165, 1.54) is 16.5 Å². The van der Waals surface area contributed by atoms with Crippen molar-refractivity contribution in [2.24, 2.45) is 10.7 Å². The Labute approximate surface area is 147 Å². The van der Waals surface area contributed by atoms with Crippen LogP contribution in [0.5, 0.6) is 0 Å². The SMILES string of the molecule is CN1CCS/C1=C1/CCCN1C(N)=Nc1ccccc1.I. The van der Waals surface area contributed by atoms with Gasteiger partial charge in [-0.05, 0) is 25.0 Å². The predicted octanol–water partition coefficient (Wildman–Crippen LogP) is 3.19. The minimum atomic E-state index is 0. The van der Waals surface area contributed by atoms with Crippen LogP contribution in [0.2, 0.25) is 0 Å². The first-order valence-corrected chi connectivity index (χ1v) is 7.98. The van der Waals surface area contributed by atoms with Gasteiger partial charge in [0.15, 0.2) is 0 Å². The molecule has 2 fully saturated rings. The Morgan fingerprint density at radius 1 is 1.24 bits per heavy atom. The van der Waals surface area contributed by atoms with Gasteiger partial charge < -0.3 is 15.5 Å². The lowest BCUT2D eigenvalue weighted by atomic mass is 10.3. The molecule has 21 heavy (non-hydrogen) atoms. The van der Waals surface area contributed by atoms with Crippen LogP contribution in [0.3, 0.4) is 0 Å². The van der Waals surface area contributed by atoms with Gasteiger partial charge in [0.2, 0.25) is 5.96 Å². The van der Waals surface area contributed by atoms with E-state index >= 15 is 0 Å². The minimum Gasteiger partial charge on any atom is -0.369 e. The van der Waals surface area contributed by atoms with Gasteiger partial charge in [0.1, 0.15) is 0 Å². The number of guanidine groups is 1. The summed E-state index contributed by atoms with van der Waals surface area (Å²) in [5, 5.41) is 1.37. The number of allylic oxidation sites excluding steroid dienone is 1. The molecule has 2 N–H and O–H groups in total. The van der Waals surface area contributed by atoms with Crippen LogP contribution in [-0.4, -0.2) is 41.6 Å². The number of nitrogens with zero attached hydrogens (tertiary/aromatic N) is 3. The van der Waals surface area contributed by atoms with E-state index in [-0.39, 0.29) is 24.0 Å². The Kier molecular flexibility index (Phi) is 5.80. The van der Waals surface area contributed by atoms with E-state index in [1.807, 2.05) is 42.1 Å². The van der Waals surface area contributed by atoms with Gasteiger partial charge in [-0.3, -0.25) is 0 Å². The maximum absolute atomic E-state index is 6.23. The van der Waals surface area contributed by atoms with Crippen molar-refractivity contribution in [3.05, 3.63) is 41.1 Å². The molecule has 0 spiro atoms. The molecule has 2 aliphatic heterocycles. The second kappa shape index (κ2) is 7.40. The molecule has 0 aromatic heterocycles. The molecule has 4 nitrogen and oxygen atoms in total. The normalized spacial score (nSPS) is 22.6. The second-order valence-electron chi connectivity index (χ2n) is 5.08. The highest BCUT2D eigenvalue weighted by Crippen LogP contribution is 2.35.